The first-order valence-electron chi connectivity index (χ1n) is 9.35. The maximum atomic E-state index is 12.6. The minimum Gasteiger partial charge on any atom is -0.497 e. The smallest absolute Gasteiger partial charge is 0.251 e. The van der Waals surface area contributed by atoms with E-state index < -0.39 is 0 Å². The van der Waals surface area contributed by atoms with Gasteiger partial charge >= 0.3 is 0 Å². The van der Waals surface area contributed by atoms with Gasteiger partial charge in [-0.3, -0.25) is 9.48 Å². The van der Waals surface area contributed by atoms with Crippen LogP contribution < -0.4 is 10.1 Å². The molecule has 0 bridgehead atoms. The number of rotatable bonds is 7. The van der Waals surface area contributed by atoms with E-state index in [4.69, 9.17) is 4.74 Å². The van der Waals surface area contributed by atoms with Crippen LogP contribution in [-0.2, 0) is 6.54 Å². The molecule has 5 nitrogen and oxygen atoms in total. The number of ether oxygens (including phenoxy) is 1. The van der Waals surface area contributed by atoms with E-state index in [0.717, 1.165) is 28.6 Å². The van der Waals surface area contributed by atoms with Crippen LogP contribution in [0.1, 0.15) is 43.1 Å². The Hall–Kier alpha value is -2.82. The molecular formula is C22H27N3O2. The van der Waals surface area contributed by atoms with Gasteiger partial charge in [-0.1, -0.05) is 32.0 Å². The van der Waals surface area contributed by atoms with Gasteiger partial charge in [-0.25, -0.2) is 0 Å². The number of carbonyl (C=O) groups excluding carboxylic acids is 1. The molecular weight excluding hydrogens is 338 g/mol. The van der Waals surface area contributed by atoms with Gasteiger partial charge in [-0.2, -0.15) is 5.10 Å². The van der Waals surface area contributed by atoms with E-state index in [1.54, 1.807) is 7.11 Å². The summed E-state index contributed by atoms with van der Waals surface area (Å²) in [6, 6.07) is 13.8. The third kappa shape index (κ3) is 4.67. The van der Waals surface area contributed by atoms with E-state index in [1.165, 1.54) is 0 Å². The van der Waals surface area contributed by atoms with Crippen LogP contribution in [0.5, 0.6) is 5.75 Å². The second-order valence-electron chi connectivity index (χ2n) is 7.43. The summed E-state index contributed by atoms with van der Waals surface area (Å²) in [4.78, 5) is 12.6. The molecule has 1 aromatic heterocycles. The molecule has 1 amide bonds. The van der Waals surface area contributed by atoms with Gasteiger partial charge in [0.05, 0.1) is 25.4 Å². The molecule has 0 saturated carbocycles. The average Bonchev–Trinajstić information content (AvgIpc) is 3.03. The van der Waals surface area contributed by atoms with Crippen molar-refractivity contribution in [3.05, 3.63) is 59.8 Å². The van der Waals surface area contributed by atoms with Crippen molar-refractivity contribution < 1.29 is 9.53 Å². The minimum atomic E-state index is -0.0424. The molecule has 2 aromatic carbocycles. The van der Waals surface area contributed by atoms with Crippen molar-refractivity contribution in [3.8, 4) is 5.75 Å². The van der Waals surface area contributed by atoms with Crippen LogP contribution in [0.2, 0.25) is 0 Å². The highest BCUT2D eigenvalue weighted by Crippen LogP contribution is 2.19. The van der Waals surface area contributed by atoms with Crippen LogP contribution in [-0.4, -0.2) is 28.8 Å². The lowest BCUT2D eigenvalue weighted by atomic mass is 10.0. The van der Waals surface area contributed by atoms with Crippen molar-refractivity contribution >= 4 is 16.8 Å². The molecule has 0 radical (unpaired) electrons. The molecule has 3 rings (SSSR count). The highest BCUT2D eigenvalue weighted by molar-refractivity contribution is 5.98. The van der Waals surface area contributed by atoms with Gasteiger partial charge in [-0.15, -0.1) is 0 Å². The predicted molar refractivity (Wildman–Crippen MR) is 108 cm³/mol. The summed E-state index contributed by atoms with van der Waals surface area (Å²) < 4.78 is 7.21. The van der Waals surface area contributed by atoms with Crippen LogP contribution in [0.25, 0.3) is 10.9 Å². The van der Waals surface area contributed by atoms with Gasteiger partial charge in [0, 0.05) is 17.0 Å². The van der Waals surface area contributed by atoms with Crippen molar-refractivity contribution in [1.82, 2.24) is 15.1 Å². The van der Waals surface area contributed by atoms with E-state index in [1.807, 2.05) is 60.3 Å². The number of benzene rings is 2. The quantitative estimate of drug-likeness (QED) is 0.681. The summed E-state index contributed by atoms with van der Waals surface area (Å²) >= 11 is 0. The molecule has 0 saturated heterocycles. The van der Waals surface area contributed by atoms with E-state index in [-0.39, 0.29) is 11.9 Å². The number of nitrogens with one attached hydrogen (secondary N) is 1. The van der Waals surface area contributed by atoms with Crippen molar-refractivity contribution in [3.63, 3.8) is 0 Å². The number of methoxy groups -OCH3 is 1. The second kappa shape index (κ2) is 8.25. The first-order valence-corrected chi connectivity index (χ1v) is 9.35. The molecule has 1 heterocycles. The lowest BCUT2D eigenvalue weighted by Crippen LogP contribution is -2.33. The summed E-state index contributed by atoms with van der Waals surface area (Å²) in [7, 11) is 1.66. The fourth-order valence-electron chi connectivity index (χ4n) is 3.35. The lowest BCUT2D eigenvalue weighted by Gasteiger charge is -2.16. The third-order valence-electron chi connectivity index (χ3n) is 4.58. The Bertz CT molecular complexity index is 930. The summed E-state index contributed by atoms with van der Waals surface area (Å²) in [5, 5.41) is 8.59. The largest absolute Gasteiger partial charge is 0.497 e. The molecule has 5 heteroatoms. The van der Waals surface area contributed by atoms with Crippen molar-refractivity contribution in [1.29, 1.82) is 0 Å². The highest BCUT2D eigenvalue weighted by Gasteiger charge is 2.13. The SMILES string of the molecule is COc1cccc(Cn2ncc3ccc(C(=O)N[C@H](C)CC(C)C)cc32)c1. The minimum absolute atomic E-state index is 0.0424. The van der Waals surface area contributed by atoms with Gasteiger partial charge in [-0.05, 0) is 49.1 Å². The van der Waals surface area contributed by atoms with E-state index in [9.17, 15) is 4.79 Å². The monoisotopic (exact) mass is 365 g/mol. The Morgan fingerprint density at radius 1 is 1.19 bits per heavy atom. The molecule has 1 N–H and O–H groups in total. The zero-order valence-corrected chi connectivity index (χ0v) is 16.4. The Labute approximate surface area is 160 Å². The maximum Gasteiger partial charge on any atom is 0.251 e. The lowest BCUT2D eigenvalue weighted by molar-refractivity contribution is 0.0936. The molecule has 0 fully saturated rings. The van der Waals surface area contributed by atoms with Gasteiger partial charge in [0.25, 0.3) is 5.91 Å². The fourth-order valence-corrected chi connectivity index (χ4v) is 3.35. The van der Waals surface area contributed by atoms with Crippen LogP contribution in [0.4, 0.5) is 0 Å². The van der Waals surface area contributed by atoms with Gasteiger partial charge in [0.1, 0.15) is 5.75 Å². The third-order valence-corrected chi connectivity index (χ3v) is 4.58. The number of hydrogen-bond donors (Lipinski definition) is 1. The molecule has 1 atom stereocenters. The van der Waals surface area contributed by atoms with Crippen LogP contribution in [0.3, 0.4) is 0 Å². The normalized spacial score (nSPS) is 12.3. The summed E-state index contributed by atoms with van der Waals surface area (Å²) in [6.45, 7) is 6.98. The standard InChI is InChI=1S/C22H27N3O2/c1-15(2)10-16(3)24-22(26)18-8-9-19-13-23-25(21(19)12-18)14-17-6-5-7-20(11-17)27-4/h5-9,11-13,15-16H,10,14H2,1-4H3,(H,24,26)/t16-/m1/s1. The number of aromatic nitrogens is 2. The summed E-state index contributed by atoms with van der Waals surface area (Å²) in [6.07, 6.45) is 2.79. The molecule has 142 valence electrons. The number of nitrogens with zero attached hydrogens (tertiary/aromatic N) is 2. The molecule has 0 unspecified atom stereocenters. The molecule has 3 aromatic rings. The Morgan fingerprint density at radius 2 is 2.00 bits per heavy atom. The number of fused-ring (bicyclic) bond motifs is 1. The van der Waals surface area contributed by atoms with Crippen LogP contribution >= 0.6 is 0 Å². The zero-order valence-electron chi connectivity index (χ0n) is 16.4. The predicted octanol–water partition coefficient (Wildman–Crippen LogP) is 4.26. The molecule has 27 heavy (non-hydrogen) atoms. The first-order chi connectivity index (χ1) is 13.0. The molecule has 0 spiro atoms. The highest BCUT2D eigenvalue weighted by atomic mass is 16.5. The van der Waals surface area contributed by atoms with Crippen molar-refractivity contribution in [2.75, 3.05) is 7.11 Å². The van der Waals surface area contributed by atoms with Crippen LogP contribution in [0.15, 0.2) is 48.7 Å². The molecule has 0 aliphatic heterocycles. The Morgan fingerprint density at radius 3 is 2.74 bits per heavy atom. The summed E-state index contributed by atoms with van der Waals surface area (Å²) in [5.74, 6) is 1.33. The summed E-state index contributed by atoms with van der Waals surface area (Å²) in [5.41, 5.74) is 2.70. The van der Waals surface area contributed by atoms with E-state index >= 15 is 0 Å². The van der Waals surface area contributed by atoms with Crippen molar-refractivity contribution in [2.24, 2.45) is 5.92 Å². The van der Waals surface area contributed by atoms with Gasteiger partial charge in [0.15, 0.2) is 0 Å². The molecule has 0 aliphatic rings. The van der Waals surface area contributed by atoms with E-state index in [2.05, 4.69) is 24.3 Å². The number of amides is 1. The topological polar surface area (TPSA) is 56.2 Å². The van der Waals surface area contributed by atoms with Crippen LogP contribution in [0, 0.1) is 5.92 Å². The number of carbonyl (C=O) groups is 1. The first kappa shape index (κ1) is 19.0. The van der Waals surface area contributed by atoms with Crippen molar-refractivity contribution in [2.45, 2.75) is 39.8 Å². The van der Waals surface area contributed by atoms with Gasteiger partial charge < -0.3 is 10.1 Å². The Balaban J connectivity index is 1.82. The van der Waals surface area contributed by atoms with Gasteiger partial charge in [0.2, 0.25) is 0 Å². The second-order valence-corrected chi connectivity index (χ2v) is 7.43. The average molecular weight is 365 g/mol. The van der Waals surface area contributed by atoms with E-state index in [0.29, 0.717) is 18.0 Å². The zero-order chi connectivity index (χ0) is 19.4. The fraction of sp³-hybridized carbons (Fsp3) is 0.364. The maximum absolute atomic E-state index is 12.6. The molecule has 0 aliphatic carbocycles. The number of hydrogen-bond acceptors (Lipinski definition) is 3. The Kier molecular flexibility index (Phi) is 5.79.